The number of rotatable bonds is 7. The maximum atomic E-state index is 12.2. The second-order valence-corrected chi connectivity index (χ2v) is 6.65. The van der Waals surface area contributed by atoms with Crippen molar-refractivity contribution < 1.29 is 9.53 Å². The summed E-state index contributed by atoms with van der Waals surface area (Å²) in [6, 6.07) is 3.96. The van der Waals surface area contributed by atoms with E-state index in [1.54, 1.807) is 12.0 Å². The van der Waals surface area contributed by atoms with Crippen molar-refractivity contribution in [3.63, 3.8) is 0 Å². The second-order valence-electron chi connectivity index (χ2n) is 6.65. The van der Waals surface area contributed by atoms with Crippen LogP contribution in [0.2, 0.25) is 0 Å². The lowest BCUT2D eigenvalue weighted by Gasteiger charge is -2.32. The summed E-state index contributed by atoms with van der Waals surface area (Å²) < 4.78 is 5.12. The summed E-state index contributed by atoms with van der Waals surface area (Å²) in [5, 5.41) is 3.06. The largest absolute Gasteiger partial charge is 0.383 e. The molecule has 1 saturated heterocycles. The molecule has 24 heavy (non-hydrogen) atoms. The van der Waals surface area contributed by atoms with Gasteiger partial charge in [-0.05, 0) is 50.4 Å². The van der Waals surface area contributed by atoms with Gasteiger partial charge < -0.3 is 19.9 Å². The van der Waals surface area contributed by atoms with E-state index >= 15 is 0 Å². The molecule has 6 heteroatoms. The second kappa shape index (κ2) is 9.59. The Bertz CT molecular complexity index is 498. The highest BCUT2D eigenvalue weighted by molar-refractivity contribution is 5.73. The number of amides is 2. The Morgan fingerprint density at radius 1 is 1.42 bits per heavy atom. The molecule has 1 aromatic heterocycles. The molecule has 134 valence electrons. The Kier molecular flexibility index (Phi) is 7.46. The Balaban J connectivity index is 1.66. The minimum absolute atomic E-state index is 0.0285. The van der Waals surface area contributed by atoms with Gasteiger partial charge in [-0.25, -0.2) is 4.79 Å². The SMILES string of the molecule is COCCN1CCC(CNC(=O)N(C)Cc2ccc(C)cn2)CC1. The minimum atomic E-state index is -0.0285. The molecule has 0 saturated carbocycles. The number of piperidine rings is 1. The third kappa shape index (κ3) is 6.09. The van der Waals surface area contributed by atoms with E-state index in [0.29, 0.717) is 12.5 Å². The van der Waals surface area contributed by atoms with Crippen LogP contribution in [-0.2, 0) is 11.3 Å². The standard InChI is InChI=1S/C18H30N4O2/c1-15-4-5-17(19-12-15)14-21(2)18(23)20-13-16-6-8-22(9-7-16)10-11-24-3/h4-5,12,16H,6-11,13-14H2,1-3H3,(H,20,23). The number of likely N-dealkylation sites (tertiary alicyclic amines) is 1. The van der Waals surface area contributed by atoms with Gasteiger partial charge in [0, 0.05) is 33.4 Å². The van der Waals surface area contributed by atoms with Crippen molar-refractivity contribution >= 4 is 6.03 Å². The van der Waals surface area contributed by atoms with E-state index in [4.69, 9.17) is 4.74 Å². The predicted molar refractivity (Wildman–Crippen MR) is 94.9 cm³/mol. The summed E-state index contributed by atoms with van der Waals surface area (Å²) in [6.45, 7) is 7.26. The number of hydrogen-bond acceptors (Lipinski definition) is 4. The zero-order valence-corrected chi connectivity index (χ0v) is 15.1. The van der Waals surface area contributed by atoms with Crippen molar-refractivity contribution in [2.24, 2.45) is 5.92 Å². The molecule has 0 unspecified atom stereocenters. The molecule has 0 aliphatic carbocycles. The smallest absolute Gasteiger partial charge is 0.317 e. The zero-order valence-electron chi connectivity index (χ0n) is 15.1. The molecule has 1 aromatic rings. The minimum Gasteiger partial charge on any atom is -0.383 e. The number of urea groups is 1. The van der Waals surface area contributed by atoms with Crippen LogP contribution < -0.4 is 5.32 Å². The van der Waals surface area contributed by atoms with Gasteiger partial charge in [0.05, 0.1) is 18.8 Å². The van der Waals surface area contributed by atoms with Crippen LogP contribution in [0, 0.1) is 12.8 Å². The molecule has 1 N–H and O–H groups in total. The van der Waals surface area contributed by atoms with Crippen LogP contribution in [0.15, 0.2) is 18.3 Å². The molecular weight excluding hydrogens is 304 g/mol. The van der Waals surface area contributed by atoms with Crippen LogP contribution in [0.25, 0.3) is 0 Å². The lowest BCUT2D eigenvalue weighted by atomic mass is 9.97. The normalized spacial score (nSPS) is 16.1. The fraction of sp³-hybridized carbons (Fsp3) is 0.667. The van der Waals surface area contributed by atoms with Crippen LogP contribution in [-0.4, -0.2) is 67.8 Å². The number of ether oxygens (including phenoxy) is 1. The van der Waals surface area contributed by atoms with Gasteiger partial charge in [-0.2, -0.15) is 0 Å². The average Bonchev–Trinajstić information content (AvgIpc) is 2.60. The number of nitrogens with one attached hydrogen (secondary N) is 1. The molecule has 6 nitrogen and oxygen atoms in total. The molecule has 0 bridgehead atoms. The lowest BCUT2D eigenvalue weighted by molar-refractivity contribution is 0.119. The highest BCUT2D eigenvalue weighted by atomic mass is 16.5. The van der Waals surface area contributed by atoms with Gasteiger partial charge in [0.2, 0.25) is 0 Å². The van der Waals surface area contributed by atoms with Crippen LogP contribution in [0.4, 0.5) is 4.79 Å². The van der Waals surface area contributed by atoms with Gasteiger partial charge in [0.15, 0.2) is 0 Å². The van der Waals surface area contributed by atoms with Crippen LogP contribution >= 0.6 is 0 Å². The van der Waals surface area contributed by atoms with Crippen LogP contribution in [0.3, 0.4) is 0 Å². The molecule has 1 fully saturated rings. The van der Waals surface area contributed by atoms with Gasteiger partial charge in [-0.3, -0.25) is 4.98 Å². The summed E-state index contributed by atoms with van der Waals surface area (Å²) >= 11 is 0. The van der Waals surface area contributed by atoms with E-state index in [-0.39, 0.29) is 6.03 Å². The van der Waals surface area contributed by atoms with E-state index in [1.807, 2.05) is 32.3 Å². The molecule has 2 heterocycles. The monoisotopic (exact) mass is 334 g/mol. The van der Waals surface area contributed by atoms with Crippen molar-refractivity contribution in [2.75, 3.05) is 46.9 Å². The molecule has 0 atom stereocenters. The topological polar surface area (TPSA) is 57.7 Å². The quantitative estimate of drug-likeness (QED) is 0.827. The van der Waals surface area contributed by atoms with Gasteiger partial charge in [0.1, 0.15) is 0 Å². The summed E-state index contributed by atoms with van der Waals surface area (Å²) in [6.07, 6.45) is 4.10. The number of methoxy groups -OCH3 is 1. The Labute approximate surface area is 145 Å². The summed E-state index contributed by atoms with van der Waals surface area (Å²) in [5.74, 6) is 0.568. The van der Waals surface area contributed by atoms with Crippen molar-refractivity contribution in [1.29, 1.82) is 0 Å². The van der Waals surface area contributed by atoms with E-state index in [0.717, 1.165) is 56.9 Å². The van der Waals surface area contributed by atoms with Gasteiger partial charge >= 0.3 is 6.03 Å². The first kappa shape index (κ1) is 18.7. The number of pyridine rings is 1. The first-order valence-corrected chi connectivity index (χ1v) is 8.70. The number of carbonyl (C=O) groups excluding carboxylic acids is 1. The maximum Gasteiger partial charge on any atom is 0.317 e. The van der Waals surface area contributed by atoms with E-state index in [9.17, 15) is 4.79 Å². The molecule has 0 aromatic carbocycles. The fourth-order valence-electron chi connectivity index (χ4n) is 2.91. The number of nitrogens with zero attached hydrogens (tertiary/aromatic N) is 3. The Morgan fingerprint density at radius 3 is 2.79 bits per heavy atom. The highest BCUT2D eigenvalue weighted by Gasteiger charge is 2.20. The fourth-order valence-corrected chi connectivity index (χ4v) is 2.91. The zero-order chi connectivity index (χ0) is 17.4. The number of carbonyl (C=O) groups is 1. The van der Waals surface area contributed by atoms with Crippen molar-refractivity contribution in [1.82, 2.24) is 20.1 Å². The Morgan fingerprint density at radius 2 is 2.17 bits per heavy atom. The third-order valence-electron chi connectivity index (χ3n) is 4.58. The Hall–Kier alpha value is -1.66. The highest BCUT2D eigenvalue weighted by Crippen LogP contribution is 2.16. The van der Waals surface area contributed by atoms with Gasteiger partial charge in [-0.15, -0.1) is 0 Å². The number of aryl methyl sites for hydroxylation is 1. The van der Waals surface area contributed by atoms with Crippen molar-refractivity contribution in [2.45, 2.75) is 26.3 Å². The molecule has 1 aliphatic rings. The first-order valence-electron chi connectivity index (χ1n) is 8.70. The molecule has 0 radical (unpaired) electrons. The van der Waals surface area contributed by atoms with Crippen molar-refractivity contribution in [3.8, 4) is 0 Å². The van der Waals surface area contributed by atoms with E-state index in [2.05, 4.69) is 15.2 Å². The van der Waals surface area contributed by atoms with Gasteiger partial charge in [-0.1, -0.05) is 6.07 Å². The van der Waals surface area contributed by atoms with Crippen molar-refractivity contribution in [3.05, 3.63) is 29.6 Å². The van der Waals surface area contributed by atoms with Gasteiger partial charge in [0.25, 0.3) is 0 Å². The van der Waals surface area contributed by atoms with Crippen LogP contribution in [0.5, 0.6) is 0 Å². The molecule has 2 rings (SSSR count). The third-order valence-corrected chi connectivity index (χ3v) is 4.58. The molecule has 1 aliphatic heterocycles. The number of hydrogen-bond donors (Lipinski definition) is 1. The molecule has 2 amide bonds. The predicted octanol–water partition coefficient (Wildman–Crippen LogP) is 1.89. The molecular formula is C18H30N4O2. The first-order chi connectivity index (χ1) is 11.6. The lowest BCUT2D eigenvalue weighted by Crippen LogP contribution is -2.43. The summed E-state index contributed by atoms with van der Waals surface area (Å²) in [4.78, 5) is 20.7. The maximum absolute atomic E-state index is 12.2. The van der Waals surface area contributed by atoms with E-state index in [1.165, 1.54) is 0 Å². The average molecular weight is 334 g/mol. The number of aromatic nitrogens is 1. The molecule has 0 spiro atoms. The summed E-state index contributed by atoms with van der Waals surface area (Å²) in [5.41, 5.74) is 2.03. The summed E-state index contributed by atoms with van der Waals surface area (Å²) in [7, 11) is 3.55. The van der Waals surface area contributed by atoms with Crippen LogP contribution in [0.1, 0.15) is 24.1 Å². The van der Waals surface area contributed by atoms with E-state index < -0.39 is 0 Å².